The summed E-state index contributed by atoms with van der Waals surface area (Å²) in [5, 5.41) is 0.747. The van der Waals surface area contributed by atoms with Gasteiger partial charge in [-0.2, -0.15) is 0 Å². The molecule has 0 aliphatic heterocycles. The maximum absolute atomic E-state index is 6.37. The fourth-order valence-electron chi connectivity index (χ4n) is 2.43. The minimum Gasteiger partial charge on any atom is -0.383 e. The van der Waals surface area contributed by atoms with Gasteiger partial charge in [-0.25, -0.2) is 4.98 Å². The van der Waals surface area contributed by atoms with E-state index in [0.29, 0.717) is 11.8 Å². The van der Waals surface area contributed by atoms with Crippen LogP contribution in [0.5, 0.6) is 0 Å². The topological polar surface area (TPSA) is 43.8 Å². The Morgan fingerprint density at radius 3 is 2.43 bits per heavy atom. The Morgan fingerprint density at radius 2 is 1.90 bits per heavy atom. The van der Waals surface area contributed by atoms with Gasteiger partial charge in [-0.05, 0) is 24.5 Å². The highest BCUT2D eigenvalue weighted by Gasteiger charge is 2.19. The average molecular weight is 306 g/mol. The summed E-state index contributed by atoms with van der Waals surface area (Å²) in [5.74, 6) is 2.62. The number of nitrogens with two attached hydrogens (primary N) is 1. The number of halogens is 1. The standard InChI is InChI=1S/C17H24ClN3/c1-10(2)9-21-16(19)15(20-17(21)11(3)4)13-7-6-12(5)14(18)8-13/h6-8,10-11H,9,19H2,1-5H3. The first-order valence-corrected chi connectivity index (χ1v) is 7.81. The second-order valence-electron chi connectivity index (χ2n) is 6.33. The summed E-state index contributed by atoms with van der Waals surface area (Å²) in [5.41, 5.74) is 9.24. The molecule has 0 aliphatic carbocycles. The summed E-state index contributed by atoms with van der Waals surface area (Å²) < 4.78 is 2.14. The Kier molecular flexibility index (Phi) is 4.62. The lowest BCUT2D eigenvalue weighted by atomic mass is 10.1. The monoisotopic (exact) mass is 305 g/mol. The third kappa shape index (κ3) is 3.24. The average Bonchev–Trinajstić information content (AvgIpc) is 2.70. The third-order valence-corrected chi connectivity index (χ3v) is 3.95. The van der Waals surface area contributed by atoms with Crippen molar-refractivity contribution in [3.05, 3.63) is 34.6 Å². The molecule has 0 saturated heterocycles. The van der Waals surface area contributed by atoms with Crippen molar-refractivity contribution in [3.8, 4) is 11.3 Å². The molecule has 0 atom stereocenters. The Labute approximate surface area is 132 Å². The van der Waals surface area contributed by atoms with Crippen molar-refractivity contribution in [1.82, 2.24) is 9.55 Å². The molecule has 114 valence electrons. The van der Waals surface area contributed by atoms with E-state index in [4.69, 9.17) is 22.3 Å². The minimum atomic E-state index is 0.334. The Morgan fingerprint density at radius 1 is 1.24 bits per heavy atom. The molecule has 2 N–H and O–H groups in total. The smallest absolute Gasteiger partial charge is 0.131 e. The first kappa shape index (κ1) is 15.9. The van der Waals surface area contributed by atoms with Gasteiger partial charge in [-0.3, -0.25) is 0 Å². The lowest BCUT2D eigenvalue weighted by Crippen LogP contribution is -2.12. The van der Waals surface area contributed by atoms with Crippen LogP contribution in [-0.4, -0.2) is 9.55 Å². The minimum absolute atomic E-state index is 0.334. The molecule has 0 bridgehead atoms. The van der Waals surface area contributed by atoms with Crippen molar-refractivity contribution in [2.75, 3.05) is 5.73 Å². The molecule has 0 unspecified atom stereocenters. The lowest BCUT2D eigenvalue weighted by Gasteiger charge is -2.14. The van der Waals surface area contributed by atoms with E-state index in [1.54, 1.807) is 0 Å². The molecule has 1 heterocycles. The van der Waals surface area contributed by atoms with E-state index in [-0.39, 0.29) is 0 Å². The fourth-order valence-corrected chi connectivity index (χ4v) is 2.61. The number of hydrogen-bond acceptors (Lipinski definition) is 2. The van der Waals surface area contributed by atoms with Gasteiger partial charge < -0.3 is 10.3 Å². The largest absolute Gasteiger partial charge is 0.383 e. The van der Waals surface area contributed by atoms with Crippen LogP contribution in [0.1, 0.15) is 45.0 Å². The Balaban J connectivity index is 2.56. The predicted molar refractivity (Wildman–Crippen MR) is 90.7 cm³/mol. The summed E-state index contributed by atoms with van der Waals surface area (Å²) in [6.07, 6.45) is 0. The number of anilines is 1. The highest BCUT2D eigenvalue weighted by molar-refractivity contribution is 6.31. The van der Waals surface area contributed by atoms with Crippen molar-refractivity contribution < 1.29 is 0 Å². The van der Waals surface area contributed by atoms with Crippen LogP contribution < -0.4 is 5.73 Å². The lowest BCUT2D eigenvalue weighted by molar-refractivity contribution is 0.502. The van der Waals surface area contributed by atoms with Crippen LogP contribution in [-0.2, 0) is 6.54 Å². The molecule has 4 heteroatoms. The summed E-state index contributed by atoms with van der Waals surface area (Å²) in [4.78, 5) is 4.78. The number of benzene rings is 1. The normalized spacial score (nSPS) is 11.6. The van der Waals surface area contributed by atoms with Crippen LogP contribution in [0.2, 0.25) is 5.02 Å². The molecule has 2 aromatic rings. The zero-order chi connectivity index (χ0) is 15.7. The van der Waals surface area contributed by atoms with Gasteiger partial charge in [0, 0.05) is 23.0 Å². The zero-order valence-electron chi connectivity index (χ0n) is 13.4. The predicted octanol–water partition coefficient (Wildman–Crippen LogP) is 4.87. The van der Waals surface area contributed by atoms with Gasteiger partial charge in [0.05, 0.1) is 0 Å². The Hall–Kier alpha value is -1.48. The first-order valence-electron chi connectivity index (χ1n) is 7.43. The maximum atomic E-state index is 6.37. The van der Waals surface area contributed by atoms with E-state index in [1.807, 2.05) is 25.1 Å². The van der Waals surface area contributed by atoms with Crippen LogP contribution in [0.25, 0.3) is 11.3 Å². The van der Waals surface area contributed by atoms with Crippen LogP contribution in [0.3, 0.4) is 0 Å². The number of nitrogen functional groups attached to an aromatic ring is 1. The highest BCUT2D eigenvalue weighted by Crippen LogP contribution is 2.32. The first-order chi connectivity index (χ1) is 9.81. The van der Waals surface area contributed by atoms with Crippen LogP contribution >= 0.6 is 11.6 Å². The highest BCUT2D eigenvalue weighted by atomic mass is 35.5. The fraction of sp³-hybridized carbons (Fsp3) is 0.471. The molecule has 0 radical (unpaired) electrons. The van der Waals surface area contributed by atoms with Gasteiger partial charge >= 0.3 is 0 Å². The number of nitrogens with zero attached hydrogens (tertiary/aromatic N) is 2. The van der Waals surface area contributed by atoms with Gasteiger partial charge in [0.15, 0.2) is 0 Å². The van der Waals surface area contributed by atoms with Crippen LogP contribution in [0.4, 0.5) is 5.82 Å². The van der Waals surface area contributed by atoms with Crippen molar-refractivity contribution in [2.24, 2.45) is 5.92 Å². The van der Waals surface area contributed by atoms with E-state index < -0.39 is 0 Å². The maximum Gasteiger partial charge on any atom is 0.131 e. The van der Waals surface area contributed by atoms with Crippen molar-refractivity contribution in [3.63, 3.8) is 0 Å². The van der Waals surface area contributed by atoms with Crippen LogP contribution in [0, 0.1) is 12.8 Å². The van der Waals surface area contributed by atoms with Crippen molar-refractivity contribution in [1.29, 1.82) is 0 Å². The van der Waals surface area contributed by atoms with Crippen molar-refractivity contribution >= 4 is 17.4 Å². The number of rotatable bonds is 4. The summed E-state index contributed by atoms with van der Waals surface area (Å²) >= 11 is 6.23. The number of aromatic nitrogens is 2. The van der Waals surface area contributed by atoms with Gasteiger partial charge in [0.1, 0.15) is 17.3 Å². The summed E-state index contributed by atoms with van der Waals surface area (Å²) in [6.45, 7) is 11.5. The molecule has 0 spiro atoms. The SMILES string of the molecule is Cc1ccc(-c2nc(C(C)C)n(CC(C)C)c2N)cc1Cl. The van der Waals surface area contributed by atoms with Gasteiger partial charge in [-0.15, -0.1) is 0 Å². The molecule has 0 saturated carbocycles. The summed E-state index contributed by atoms with van der Waals surface area (Å²) in [7, 11) is 0. The van der Waals surface area contributed by atoms with E-state index >= 15 is 0 Å². The third-order valence-electron chi connectivity index (χ3n) is 3.55. The molecule has 1 aromatic heterocycles. The molecule has 2 rings (SSSR count). The molecule has 0 fully saturated rings. The van der Waals surface area contributed by atoms with E-state index in [9.17, 15) is 0 Å². The van der Waals surface area contributed by atoms with Gasteiger partial charge in [0.2, 0.25) is 0 Å². The molecule has 0 aliphatic rings. The molecule has 21 heavy (non-hydrogen) atoms. The molecular formula is C17H24ClN3. The zero-order valence-corrected chi connectivity index (χ0v) is 14.2. The molecule has 1 aromatic carbocycles. The van der Waals surface area contributed by atoms with E-state index in [1.165, 1.54) is 0 Å². The number of aryl methyl sites for hydroxylation is 1. The quantitative estimate of drug-likeness (QED) is 0.875. The van der Waals surface area contributed by atoms with Crippen LogP contribution in [0.15, 0.2) is 18.2 Å². The van der Waals surface area contributed by atoms with E-state index in [0.717, 1.165) is 40.0 Å². The van der Waals surface area contributed by atoms with Gasteiger partial charge in [-0.1, -0.05) is 51.4 Å². The molecular weight excluding hydrogens is 282 g/mol. The Bertz CT molecular complexity index is 642. The molecule has 0 amide bonds. The van der Waals surface area contributed by atoms with Crippen molar-refractivity contribution in [2.45, 2.75) is 47.1 Å². The number of imidazole rings is 1. The van der Waals surface area contributed by atoms with E-state index in [2.05, 4.69) is 32.3 Å². The number of hydrogen-bond donors (Lipinski definition) is 1. The second-order valence-corrected chi connectivity index (χ2v) is 6.73. The second kappa shape index (κ2) is 6.10. The molecule has 3 nitrogen and oxygen atoms in total. The van der Waals surface area contributed by atoms with Gasteiger partial charge in [0.25, 0.3) is 0 Å². The summed E-state index contributed by atoms with van der Waals surface area (Å²) in [6, 6.07) is 5.98.